The number of halogens is 2. The Balaban J connectivity index is 0.00000341. The quantitative estimate of drug-likeness (QED) is 0.246. The van der Waals surface area contributed by atoms with Crippen LogP contribution in [0, 0.1) is 5.82 Å². The molecule has 0 atom stereocenters. The van der Waals surface area contributed by atoms with Gasteiger partial charge in [-0.3, -0.25) is 4.99 Å². The fourth-order valence-corrected chi connectivity index (χ4v) is 2.98. The van der Waals surface area contributed by atoms with Crippen LogP contribution in [0.25, 0.3) is 0 Å². The largest absolute Gasteiger partial charge is 0.454 e. The molecule has 0 aliphatic carbocycles. The summed E-state index contributed by atoms with van der Waals surface area (Å²) in [4.78, 5) is 4.22. The first-order chi connectivity index (χ1) is 14.7. The lowest BCUT2D eigenvalue weighted by atomic mass is 10.1. The van der Waals surface area contributed by atoms with Crippen molar-refractivity contribution in [3.05, 3.63) is 72.1 Å². The summed E-state index contributed by atoms with van der Waals surface area (Å²) in [6.07, 6.45) is 3.24. The highest BCUT2D eigenvalue weighted by atomic mass is 127. The molecule has 0 unspecified atom stereocenters. The highest BCUT2D eigenvalue weighted by Crippen LogP contribution is 2.24. The lowest BCUT2D eigenvalue weighted by molar-refractivity contribution is 0.441. The van der Waals surface area contributed by atoms with Gasteiger partial charge in [-0.25, -0.2) is 4.39 Å². The van der Waals surface area contributed by atoms with E-state index in [1.54, 1.807) is 31.6 Å². The topological polar surface area (TPSA) is 76.4 Å². The standard InChI is InChI=1S/C22H27FN6O.HI/c1-3-21-28-27-16-29(21)14-13-26-22(24-2)25-12-11-17-9-10-20(19(23)15-17)30-18-7-5-4-6-8-18;/h4-10,15-16H,3,11-14H2,1-2H3,(H2,24,25,26);1H. The second-order valence-electron chi connectivity index (χ2n) is 6.65. The van der Waals surface area contributed by atoms with E-state index < -0.39 is 0 Å². The van der Waals surface area contributed by atoms with E-state index in [-0.39, 0.29) is 35.5 Å². The smallest absolute Gasteiger partial charge is 0.191 e. The molecule has 166 valence electrons. The summed E-state index contributed by atoms with van der Waals surface area (Å²) < 4.78 is 22.0. The van der Waals surface area contributed by atoms with E-state index in [2.05, 4.69) is 32.7 Å². The number of hydrogen-bond donors (Lipinski definition) is 2. The molecule has 31 heavy (non-hydrogen) atoms. The van der Waals surface area contributed by atoms with Gasteiger partial charge in [0.1, 0.15) is 17.9 Å². The van der Waals surface area contributed by atoms with Gasteiger partial charge >= 0.3 is 0 Å². The van der Waals surface area contributed by atoms with Crippen molar-refractivity contribution >= 4 is 29.9 Å². The monoisotopic (exact) mass is 538 g/mol. The minimum atomic E-state index is -0.375. The normalized spacial score (nSPS) is 11.0. The van der Waals surface area contributed by atoms with Gasteiger partial charge in [-0.1, -0.05) is 31.2 Å². The van der Waals surface area contributed by atoms with Gasteiger partial charge in [0.25, 0.3) is 0 Å². The first kappa shape index (κ1) is 24.6. The van der Waals surface area contributed by atoms with E-state index >= 15 is 0 Å². The molecule has 0 bridgehead atoms. The molecule has 7 nitrogen and oxygen atoms in total. The maximum absolute atomic E-state index is 14.4. The zero-order valence-electron chi connectivity index (χ0n) is 17.7. The van der Waals surface area contributed by atoms with Crippen molar-refractivity contribution in [1.29, 1.82) is 0 Å². The molecular weight excluding hydrogens is 510 g/mol. The number of ether oxygens (including phenoxy) is 1. The SMILES string of the molecule is CCc1nncn1CCNC(=NC)NCCc1ccc(Oc2ccccc2)c(F)c1.I. The van der Waals surface area contributed by atoms with Crippen molar-refractivity contribution in [3.63, 3.8) is 0 Å². The van der Waals surface area contributed by atoms with Gasteiger partial charge in [0.2, 0.25) is 0 Å². The predicted molar refractivity (Wildman–Crippen MR) is 131 cm³/mol. The highest BCUT2D eigenvalue weighted by molar-refractivity contribution is 14.0. The van der Waals surface area contributed by atoms with Crippen LogP contribution >= 0.6 is 24.0 Å². The molecule has 9 heteroatoms. The fraction of sp³-hybridized carbons (Fsp3) is 0.318. The summed E-state index contributed by atoms with van der Waals surface area (Å²) >= 11 is 0. The van der Waals surface area contributed by atoms with Crippen molar-refractivity contribution in [2.45, 2.75) is 26.3 Å². The number of hydrogen-bond acceptors (Lipinski definition) is 4. The average molecular weight is 538 g/mol. The highest BCUT2D eigenvalue weighted by Gasteiger charge is 2.07. The summed E-state index contributed by atoms with van der Waals surface area (Å²) in [6.45, 7) is 4.14. The van der Waals surface area contributed by atoms with Crippen LogP contribution in [-0.2, 0) is 19.4 Å². The van der Waals surface area contributed by atoms with Crippen LogP contribution in [-0.4, -0.2) is 40.9 Å². The van der Waals surface area contributed by atoms with Gasteiger partial charge in [0.05, 0.1) is 0 Å². The number of aromatic nitrogens is 3. The summed E-state index contributed by atoms with van der Waals surface area (Å²) in [6, 6.07) is 14.2. The average Bonchev–Trinajstić information content (AvgIpc) is 3.22. The number of aliphatic imine (C=N–C) groups is 1. The molecule has 0 aliphatic rings. The summed E-state index contributed by atoms with van der Waals surface area (Å²) in [7, 11) is 1.72. The molecule has 0 spiro atoms. The molecule has 0 radical (unpaired) electrons. The Morgan fingerprint density at radius 3 is 2.61 bits per heavy atom. The van der Waals surface area contributed by atoms with Gasteiger partial charge in [0.15, 0.2) is 17.5 Å². The molecule has 0 fully saturated rings. The Morgan fingerprint density at radius 1 is 1.13 bits per heavy atom. The van der Waals surface area contributed by atoms with Crippen LogP contribution in [0.1, 0.15) is 18.3 Å². The Kier molecular flexibility index (Phi) is 10.2. The predicted octanol–water partition coefficient (Wildman–Crippen LogP) is 3.80. The summed E-state index contributed by atoms with van der Waals surface area (Å²) in [5.74, 6) is 2.11. The van der Waals surface area contributed by atoms with Gasteiger partial charge in [-0.2, -0.15) is 0 Å². The summed E-state index contributed by atoms with van der Waals surface area (Å²) in [5, 5.41) is 14.5. The van der Waals surface area contributed by atoms with Crippen molar-refractivity contribution in [2.75, 3.05) is 20.1 Å². The number of guanidine groups is 1. The second-order valence-corrected chi connectivity index (χ2v) is 6.65. The van der Waals surface area contributed by atoms with Gasteiger partial charge in [-0.05, 0) is 36.2 Å². The van der Waals surface area contributed by atoms with Gasteiger partial charge in [0, 0.05) is 33.1 Å². The van der Waals surface area contributed by atoms with E-state index in [0.717, 1.165) is 24.4 Å². The van der Waals surface area contributed by atoms with Crippen molar-refractivity contribution in [1.82, 2.24) is 25.4 Å². The Labute approximate surface area is 199 Å². The zero-order valence-corrected chi connectivity index (χ0v) is 20.0. The molecule has 2 N–H and O–H groups in total. The number of aryl methyl sites for hydroxylation is 1. The maximum Gasteiger partial charge on any atom is 0.191 e. The lowest BCUT2D eigenvalue weighted by Gasteiger charge is -2.13. The third-order valence-corrected chi connectivity index (χ3v) is 4.55. The van der Waals surface area contributed by atoms with Crippen LogP contribution in [0.2, 0.25) is 0 Å². The van der Waals surface area contributed by atoms with Gasteiger partial charge < -0.3 is 19.9 Å². The molecular formula is C22H28FIN6O. The van der Waals surface area contributed by atoms with Crippen LogP contribution in [0.15, 0.2) is 59.9 Å². The van der Waals surface area contributed by atoms with Crippen LogP contribution < -0.4 is 15.4 Å². The molecule has 2 aromatic carbocycles. The van der Waals surface area contributed by atoms with E-state index in [9.17, 15) is 4.39 Å². The fourth-order valence-electron chi connectivity index (χ4n) is 2.98. The van der Waals surface area contributed by atoms with E-state index in [0.29, 0.717) is 31.2 Å². The number of nitrogens with zero attached hydrogens (tertiary/aromatic N) is 4. The number of nitrogens with one attached hydrogen (secondary N) is 2. The van der Waals surface area contributed by atoms with Crippen molar-refractivity contribution < 1.29 is 9.13 Å². The molecule has 0 amide bonds. The molecule has 1 heterocycles. The van der Waals surface area contributed by atoms with Crippen molar-refractivity contribution in [2.24, 2.45) is 4.99 Å². The molecule has 3 aromatic rings. The minimum absolute atomic E-state index is 0. The first-order valence-corrected chi connectivity index (χ1v) is 10.0. The molecule has 1 aromatic heterocycles. The van der Waals surface area contributed by atoms with Crippen LogP contribution in [0.4, 0.5) is 4.39 Å². The lowest BCUT2D eigenvalue weighted by Crippen LogP contribution is -2.39. The first-order valence-electron chi connectivity index (χ1n) is 10.0. The molecule has 0 saturated heterocycles. The Morgan fingerprint density at radius 2 is 1.90 bits per heavy atom. The number of benzene rings is 2. The van der Waals surface area contributed by atoms with Gasteiger partial charge in [-0.15, -0.1) is 34.2 Å². The zero-order chi connectivity index (χ0) is 21.2. The third-order valence-electron chi connectivity index (χ3n) is 4.55. The molecule has 0 saturated carbocycles. The Bertz CT molecular complexity index is 964. The molecule has 0 aliphatic heterocycles. The van der Waals surface area contributed by atoms with E-state index in [1.807, 2.05) is 28.8 Å². The van der Waals surface area contributed by atoms with Crippen LogP contribution in [0.5, 0.6) is 11.5 Å². The van der Waals surface area contributed by atoms with Crippen molar-refractivity contribution in [3.8, 4) is 11.5 Å². The number of rotatable bonds is 9. The second kappa shape index (κ2) is 12.9. The van der Waals surface area contributed by atoms with E-state index in [4.69, 9.17) is 4.74 Å². The third kappa shape index (κ3) is 7.50. The Hall–Kier alpha value is -2.69. The number of para-hydroxylation sites is 1. The molecule has 3 rings (SSSR count). The minimum Gasteiger partial charge on any atom is -0.454 e. The summed E-state index contributed by atoms with van der Waals surface area (Å²) in [5.41, 5.74) is 0.882. The maximum atomic E-state index is 14.4. The van der Waals surface area contributed by atoms with Crippen LogP contribution in [0.3, 0.4) is 0 Å². The van der Waals surface area contributed by atoms with E-state index in [1.165, 1.54) is 6.07 Å².